The molecular formula is C13H22N4OS. The van der Waals surface area contributed by atoms with Crippen molar-refractivity contribution in [3.05, 3.63) is 12.4 Å². The second-order valence-corrected chi connectivity index (χ2v) is 6.09. The molecule has 3 N–H and O–H groups in total. The molecule has 0 saturated heterocycles. The van der Waals surface area contributed by atoms with Crippen LogP contribution in [0.4, 0.5) is 0 Å². The lowest BCUT2D eigenvalue weighted by Crippen LogP contribution is -2.59. The van der Waals surface area contributed by atoms with Crippen LogP contribution in [-0.2, 0) is 11.8 Å². The number of carbonyl (C=O) groups excluding carboxylic acids is 1. The number of hydrogen-bond donors (Lipinski definition) is 2. The Labute approximate surface area is 118 Å². The standard InChI is InChI=1S/C13H22N4OS/c1-3-6-16-13(11(14)18,10-4-5-10)9-19-12-15-7-8-17(12)2/h7-8,10,16H,3-6,9H2,1-2H3,(H2,14,18). The molecule has 1 aromatic heterocycles. The van der Waals surface area contributed by atoms with Crippen molar-refractivity contribution in [3.8, 4) is 0 Å². The maximum atomic E-state index is 12.0. The summed E-state index contributed by atoms with van der Waals surface area (Å²) in [6, 6.07) is 0. The van der Waals surface area contributed by atoms with E-state index < -0.39 is 5.54 Å². The third-order valence-corrected chi connectivity index (χ3v) is 4.86. The van der Waals surface area contributed by atoms with Crippen LogP contribution in [-0.4, -0.2) is 33.3 Å². The SMILES string of the molecule is CCCNC(CSc1nccn1C)(C(N)=O)C1CC1. The van der Waals surface area contributed by atoms with E-state index in [1.165, 1.54) is 0 Å². The van der Waals surface area contributed by atoms with E-state index in [2.05, 4.69) is 17.2 Å². The first-order valence-electron chi connectivity index (χ1n) is 6.75. The van der Waals surface area contributed by atoms with Crippen molar-refractivity contribution in [2.75, 3.05) is 12.3 Å². The summed E-state index contributed by atoms with van der Waals surface area (Å²) >= 11 is 1.60. The van der Waals surface area contributed by atoms with Gasteiger partial charge in [0, 0.05) is 25.2 Å². The summed E-state index contributed by atoms with van der Waals surface area (Å²) in [4.78, 5) is 16.3. The van der Waals surface area contributed by atoms with Gasteiger partial charge in [-0.2, -0.15) is 0 Å². The molecule has 1 aliphatic rings. The van der Waals surface area contributed by atoms with E-state index in [9.17, 15) is 4.79 Å². The number of rotatable bonds is 8. The maximum Gasteiger partial charge on any atom is 0.238 e. The lowest BCUT2D eigenvalue weighted by atomic mass is 9.94. The molecule has 2 rings (SSSR count). The van der Waals surface area contributed by atoms with Gasteiger partial charge in [0.15, 0.2) is 5.16 Å². The smallest absolute Gasteiger partial charge is 0.238 e. The molecule has 19 heavy (non-hydrogen) atoms. The zero-order chi connectivity index (χ0) is 13.9. The van der Waals surface area contributed by atoms with Crippen LogP contribution in [0.25, 0.3) is 0 Å². The normalized spacial score (nSPS) is 18.2. The quantitative estimate of drug-likeness (QED) is 0.701. The first-order valence-corrected chi connectivity index (χ1v) is 7.73. The summed E-state index contributed by atoms with van der Waals surface area (Å²) in [5.74, 6) is 0.798. The number of aromatic nitrogens is 2. The predicted molar refractivity (Wildman–Crippen MR) is 76.9 cm³/mol. The Kier molecular flexibility index (Phi) is 4.52. The van der Waals surface area contributed by atoms with Gasteiger partial charge in [0.2, 0.25) is 5.91 Å². The average molecular weight is 282 g/mol. The number of nitrogens with two attached hydrogens (primary N) is 1. The van der Waals surface area contributed by atoms with Gasteiger partial charge in [-0.05, 0) is 31.7 Å². The fraction of sp³-hybridized carbons (Fsp3) is 0.692. The van der Waals surface area contributed by atoms with Crippen molar-refractivity contribution < 1.29 is 4.79 Å². The van der Waals surface area contributed by atoms with Crippen molar-refractivity contribution in [1.82, 2.24) is 14.9 Å². The second kappa shape index (κ2) is 5.96. The zero-order valence-electron chi connectivity index (χ0n) is 11.6. The summed E-state index contributed by atoms with van der Waals surface area (Å²) in [5, 5.41) is 4.31. The van der Waals surface area contributed by atoms with E-state index in [1.807, 2.05) is 17.8 Å². The summed E-state index contributed by atoms with van der Waals surface area (Å²) in [5.41, 5.74) is 5.11. The maximum absolute atomic E-state index is 12.0. The van der Waals surface area contributed by atoms with Crippen molar-refractivity contribution in [2.24, 2.45) is 18.7 Å². The lowest BCUT2D eigenvalue weighted by molar-refractivity contribution is -0.124. The van der Waals surface area contributed by atoms with E-state index in [-0.39, 0.29) is 5.91 Å². The van der Waals surface area contributed by atoms with Gasteiger partial charge in [-0.1, -0.05) is 18.7 Å². The molecule has 0 radical (unpaired) electrons. The van der Waals surface area contributed by atoms with Crippen LogP contribution in [0.1, 0.15) is 26.2 Å². The second-order valence-electron chi connectivity index (χ2n) is 5.15. The number of aryl methyl sites for hydroxylation is 1. The molecular weight excluding hydrogens is 260 g/mol. The molecule has 1 atom stereocenters. The molecule has 0 aliphatic heterocycles. The van der Waals surface area contributed by atoms with Crippen LogP contribution in [0.3, 0.4) is 0 Å². The first kappa shape index (κ1) is 14.4. The van der Waals surface area contributed by atoms with E-state index >= 15 is 0 Å². The van der Waals surface area contributed by atoms with Crippen molar-refractivity contribution in [1.29, 1.82) is 0 Å². The van der Waals surface area contributed by atoms with Gasteiger partial charge in [0.25, 0.3) is 0 Å². The van der Waals surface area contributed by atoms with Gasteiger partial charge in [-0.15, -0.1) is 0 Å². The van der Waals surface area contributed by atoms with Crippen molar-refractivity contribution >= 4 is 17.7 Å². The van der Waals surface area contributed by atoms with Crippen LogP contribution in [0.2, 0.25) is 0 Å². The molecule has 1 fully saturated rings. The van der Waals surface area contributed by atoms with Crippen LogP contribution in [0.5, 0.6) is 0 Å². The Balaban J connectivity index is 2.08. The Bertz CT molecular complexity index is 444. The van der Waals surface area contributed by atoms with Crippen LogP contribution >= 0.6 is 11.8 Å². The number of imidazole rings is 1. The Morgan fingerprint density at radius 2 is 2.42 bits per heavy atom. The molecule has 1 amide bonds. The van der Waals surface area contributed by atoms with Crippen LogP contribution in [0, 0.1) is 5.92 Å². The fourth-order valence-electron chi connectivity index (χ4n) is 2.27. The number of nitrogens with zero attached hydrogens (tertiary/aromatic N) is 2. The minimum absolute atomic E-state index is 0.231. The molecule has 0 bridgehead atoms. The Morgan fingerprint density at radius 1 is 1.68 bits per heavy atom. The number of primary amides is 1. The molecule has 1 aliphatic carbocycles. The Hall–Kier alpha value is -1.01. The number of hydrogen-bond acceptors (Lipinski definition) is 4. The van der Waals surface area contributed by atoms with Crippen LogP contribution in [0.15, 0.2) is 17.6 Å². The van der Waals surface area contributed by atoms with Gasteiger partial charge in [-0.3, -0.25) is 4.79 Å². The molecule has 5 nitrogen and oxygen atoms in total. The van der Waals surface area contributed by atoms with Crippen molar-refractivity contribution in [2.45, 2.75) is 36.9 Å². The minimum atomic E-state index is -0.577. The summed E-state index contributed by atoms with van der Waals surface area (Å²) in [6.45, 7) is 2.91. The monoisotopic (exact) mass is 282 g/mol. The average Bonchev–Trinajstić information content (AvgIpc) is 3.14. The fourth-order valence-corrected chi connectivity index (χ4v) is 3.50. The van der Waals surface area contributed by atoms with E-state index in [0.29, 0.717) is 11.7 Å². The number of nitrogens with one attached hydrogen (secondary N) is 1. The highest BCUT2D eigenvalue weighted by Gasteiger charge is 2.49. The van der Waals surface area contributed by atoms with E-state index in [4.69, 9.17) is 5.73 Å². The third kappa shape index (κ3) is 3.12. The Morgan fingerprint density at radius 3 is 2.89 bits per heavy atom. The lowest BCUT2D eigenvalue weighted by Gasteiger charge is -2.31. The predicted octanol–water partition coefficient (Wildman–Crippen LogP) is 1.15. The summed E-state index contributed by atoms with van der Waals surface area (Å²) in [6.07, 6.45) is 6.84. The zero-order valence-corrected chi connectivity index (χ0v) is 12.4. The third-order valence-electron chi connectivity index (χ3n) is 3.61. The molecule has 1 unspecified atom stereocenters. The van der Waals surface area contributed by atoms with E-state index in [0.717, 1.165) is 31.0 Å². The van der Waals surface area contributed by atoms with Crippen molar-refractivity contribution in [3.63, 3.8) is 0 Å². The van der Waals surface area contributed by atoms with Gasteiger partial charge in [0.1, 0.15) is 5.54 Å². The van der Waals surface area contributed by atoms with Gasteiger partial charge in [-0.25, -0.2) is 4.98 Å². The minimum Gasteiger partial charge on any atom is -0.368 e. The first-order chi connectivity index (χ1) is 9.10. The molecule has 1 aromatic rings. The van der Waals surface area contributed by atoms with Gasteiger partial charge < -0.3 is 15.6 Å². The number of carbonyl (C=O) groups is 1. The molecule has 0 spiro atoms. The highest BCUT2D eigenvalue weighted by atomic mass is 32.2. The van der Waals surface area contributed by atoms with Crippen LogP contribution < -0.4 is 11.1 Å². The molecule has 0 aromatic carbocycles. The topological polar surface area (TPSA) is 72.9 Å². The largest absolute Gasteiger partial charge is 0.368 e. The summed E-state index contributed by atoms with van der Waals surface area (Å²) < 4.78 is 1.96. The van der Waals surface area contributed by atoms with E-state index in [1.54, 1.807) is 18.0 Å². The molecule has 1 heterocycles. The molecule has 6 heteroatoms. The number of amides is 1. The summed E-state index contributed by atoms with van der Waals surface area (Å²) in [7, 11) is 1.96. The van der Waals surface area contributed by atoms with Gasteiger partial charge >= 0.3 is 0 Å². The molecule has 106 valence electrons. The number of thioether (sulfide) groups is 1. The van der Waals surface area contributed by atoms with Gasteiger partial charge in [0.05, 0.1) is 0 Å². The molecule has 1 saturated carbocycles. The highest BCUT2D eigenvalue weighted by Crippen LogP contribution is 2.42. The highest BCUT2D eigenvalue weighted by molar-refractivity contribution is 7.99.